The average Bonchev–Trinajstić information content (AvgIpc) is 2.82. The zero-order valence-corrected chi connectivity index (χ0v) is 9.95. The Morgan fingerprint density at radius 2 is 2.38 bits per heavy atom. The van der Waals surface area contributed by atoms with E-state index in [0.717, 1.165) is 19.0 Å². The van der Waals surface area contributed by atoms with E-state index in [4.69, 9.17) is 5.73 Å². The molecule has 2 atom stereocenters. The van der Waals surface area contributed by atoms with Gasteiger partial charge in [-0.3, -0.25) is 4.90 Å². The number of aryl methyl sites for hydroxylation is 1. The third-order valence-corrected chi connectivity index (χ3v) is 4.27. The van der Waals surface area contributed by atoms with E-state index in [1.165, 1.54) is 30.6 Å². The molecule has 0 amide bonds. The molecule has 0 radical (unpaired) electrons. The van der Waals surface area contributed by atoms with E-state index in [9.17, 15) is 0 Å². The summed E-state index contributed by atoms with van der Waals surface area (Å²) in [5.74, 6) is 0.891. The molecule has 1 aromatic carbocycles. The molecule has 0 aromatic heterocycles. The maximum atomic E-state index is 5.86. The van der Waals surface area contributed by atoms with Gasteiger partial charge in [0.2, 0.25) is 0 Å². The zero-order chi connectivity index (χ0) is 11.2. The van der Waals surface area contributed by atoms with Gasteiger partial charge in [-0.05, 0) is 36.8 Å². The van der Waals surface area contributed by atoms with Gasteiger partial charge < -0.3 is 5.73 Å². The number of benzene rings is 1. The first kappa shape index (κ1) is 10.3. The maximum absolute atomic E-state index is 5.86. The Kier molecular flexibility index (Phi) is 2.30. The second-order valence-corrected chi connectivity index (χ2v) is 5.63. The molecule has 0 bridgehead atoms. The lowest BCUT2D eigenvalue weighted by Gasteiger charge is -2.20. The lowest BCUT2D eigenvalue weighted by Crippen LogP contribution is -2.28. The molecule has 1 saturated carbocycles. The maximum Gasteiger partial charge on any atom is 0.0234 e. The molecule has 1 aliphatic carbocycles. The monoisotopic (exact) mass is 216 g/mol. The van der Waals surface area contributed by atoms with Crippen molar-refractivity contribution in [1.29, 1.82) is 0 Å². The van der Waals surface area contributed by atoms with E-state index in [1.807, 2.05) is 0 Å². The van der Waals surface area contributed by atoms with Gasteiger partial charge in [0.25, 0.3) is 0 Å². The normalized spacial score (nSPS) is 32.8. The summed E-state index contributed by atoms with van der Waals surface area (Å²) in [6.07, 6.45) is 1.37. The van der Waals surface area contributed by atoms with Crippen LogP contribution < -0.4 is 5.73 Å². The minimum Gasteiger partial charge on any atom is -0.330 e. The van der Waals surface area contributed by atoms with E-state index in [0.29, 0.717) is 5.41 Å². The second kappa shape index (κ2) is 3.57. The summed E-state index contributed by atoms with van der Waals surface area (Å²) >= 11 is 0. The first-order valence-electron chi connectivity index (χ1n) is 6.20. The molecule has 1 aliphatic heterocycles. The molecular formula is C14H20N2. The van der Waals surface area contributed by atoms with Crippen molar-refractivity contribution in [3.05, 3.63) is 35.4 Å². The van der Waals surface area contributed by atoms with Gasteiger partial charge in [-0.2, -0.15) is 0 Å². The Hall–Kier alpha value is -0.860. The molecule has 1 heterocycles. The predicted octanol–water partition coefficient (Wildman–Crippen LogP) is 1.78. The fraction of sp³-hybridized carbons (Fsp3) is 0.571. The molecule has 2 N–H and O–H groups in total. The lowest BCUT2D eigenvalue weighted by molar-refractivity contribution is 0.274. The number of likely N-dealkylation sites (tertiary alicyclic amines) is 1. The van der Waals surface area contributed by atoms with E-state index in [2.05, 4.69) is 36.1 Å². The summed E-state index contributed by atoms with van der Waals surface area (Å²) in [6.45, 7) is 6.60. The number of nitrogens with two attached hydrogens (primary N) is 1. The van der Waals surface area contributed by atoms with Crippen LogP contribution in [0.1, 0.15) is 17.5 Å². The van der Waals surface area contributed by atoms with Crippen molar-refractivity contribution in [2.75, 3.05) is 19.6 Å². The highest BCUT2D eigenvalue weighted by atomic mass is 15.2. The number of fused-ring (bicyclic) bond motifs is 1. The SMILES string of the molecule is Cc1cccc(CN2C[C@@H]3C[C@]3(CN)C2)c1. The summed E-state index contributed by atoms with van der Waals surface area (Å²) < 4.78 is 0. The van der Waals surface area contributed by atoms with Crippen LogP contribution in [-0.4, -0.2) is 24.5 Å². The fourth-order valence-corrected chi connectivity index (χ4v) is 3.21. The van der Waals surface area contributed by atoms with E-state index < -0.39 is 0 Å². The van der Waals surface area contributed by atoms with Crippen molar-refractivity contribution >= 4 is 0 Å². The first-order valence-corrected chi connectivity index (χ1v) is 6.20. The standard InChI is InChI=1S/C14H20N2/c1-11-3-2-4-12(5-11)7-16-8-13-6-14(13,9-15)10-16/h2-5,13H,6-10,15H2,1H3/t13-,14-/m0/s1. The van der Waals surface area contributed by atoms with Gasteiger partial charge in [0.1, 0.15) is 0 Å². The van der Waals surface area contributed by atoms with Crippen LogP contribution in [-0.2, 0) is 6.54 Å². The number of rotatable bonds is 3. The molecule has 2 nitrogen and oxygen atoms in total. The second-order valence-electron chi connectivity index (χ2n) is 5.63. The van der Waals surface area contributed by atoms with Crippen molar-refractivity contribution in [3.8, 4) is 0 Å². The van der Waals surface area contributed by atoms with Crippen molar-refractivity contribution in [2.24, 2.45) is 17.1 Å². The average molecular weight is 216 g/mol. The summed E-state index contributed by atoms with van der Waals surface area (Å²) in [6, 6.07) is 8.83. The summed E-state index contributed by atoms with van der Waals surface area (Å²) in [4.78, 5) is 2.57. The summed E-state index contributed by atoms with van der Waals surface area (Å²) in [5, 5.41) is 0. The predicted molar refractivity (Wildman–Crippen MR) is 66.1 cm³/mol. The van der Waals surface area contributed by atoms with Crippen molar-refractivity contribution < 1.29 is 0 Å². The van der Waals surface area contributed by atoms with Crippen molar-refractivity contribution in [1.82, 2.24) is 4.90 Å². The Morgan fingerprint density at radius 1 is 1.50 bits per heavy atom. The minimum atomic E-state index is 0.504. The van der Waals surface area contributed by atoms with Crippen LogP contribution in [0, 0.1) is 18.3 Å². The van der Waals surface area contributed by atoms with E-state index in [1.54, 1.807) is 0 Å². The van der Waals surface area contributed by atoms with Gasteiger partial charge >= 0.3 is 0 Å². The molecular weight excluding hydrogens is 196 g/mol. The minimum absolute atomic E-state index is 0.504. The largest absolute Gasteiger partial charge is 0.330 e. The smallest absolute Gasteiger partial charge is 0.0234 e. The van der Waals surface area contributed by atoms with Crippen LogP contribution in [0.4, 0.5) is 0 Å². The van der Waals surface area contributed by atoms with Crippen LogP contribution in [0.3, 0.4) is 0 Å². The summed E-state index contributed by atoms with van der Waals surface area (Å²) in [5.41, 5.74) is 9.16. The fourth-order valence-electron chi connectivity index (χ4n) is 3.21. The highest BCUT2D eigenvalue weighted by Gasteiger charge is 2.58. The molecule has 2 fully saturated rings. The van der Waals surface area contributed by atoms with E-state index in [-0.39, 0.29) is 0 Å². The topological polar surface area (TPSA) is 29.3 Å². The molecule has 3 rings (SSSR count). The van der Waals surface area contributed by atoms with Crippen LogP contribution in [0.25, 0.3) is 0 Å². The van der Waals surface area contributed by atoms with Gasteiger partial charge in [0.05, 0.1) is 0 Å². The Labute approximate surface area is 97.4 Å². The van der Waals surface area contributed by atoms with Gasteiger partial charge in [-0.15, -0.1) is 0 Å². The highest BCUT2D eigenvalue weighted by molar-refractivity contribution is 5.23. The van der Waals surface area contributed by atoms with Crippen molar-refractivity contribution in [3.63, 3.8) is 0 Å². The van der Waals surface area contributed by atoms with Crippen LogP contribution in [0.15, 0.2) is 24.3 Å². The molecule has 2 heteroatoms. The van der Waals surface area contributed by atoms with Crippen LogP contribution in [0.5, 0.6) is 0 Å². The number of hydrogen-bond donors (Lipinski definition) is 1. The summed E-state index contributed by atoms with van der Waals surface area (Å²) in [7, 11) is 0. The number of piperidine rings is 1. The Balaban J connectivity index is 1.65. The third kappa shape index (κ3) is 1.66. The molecule has 86 valence electrons. The molecule has 1 aromatic rings. The molecule has 1 saturated heterocycles. The third-order valence-electron chi connectivity index (χ3n) is 4.27. The van der Waals surface area contributed by atoms with Crippen LogP contribution in [0.2, 0.25) is 0 Å². The van der Waals surface area contributed by atoms with Gasteiger partial charge in [-0.1, -0.05) is 29.8 Å². The lowest BCUT2D eigenvalue weighted by atomic mass is 10.1. The zero-order valence-electron chi connectivity index (χ0n) is 9.95. The van der Waals surface area contributed by atoms with Crippen LogP contribution >= 0.6 is 0 Å². The molecule has 0 unspecified atom stereocenters. The van der Waals surface area contributed by atoms with E-state index >= 15 is 0 Å². The number of nitrogens with zero attached hydrogens (tertiary/aromatic N) is 1. The van der Waals surface area contributed by atoms with Gasteiger partial charge in [0.15, 0.2) is 0 Å². The Morgan fingerprint density at radius 3 is 3.06 bits per heavy atom. The Bertz CT molecular complexity index is 397. The quantitative estimate of drug-likeness (QED) is 0.834. The highest BCUT2D eigenvalue weighted by Crippen LogP contribution is 2.57. The first-order chi connectivity index (χ1) is 7.72. The molecule has 16 heavy (non-hydrogen) atoms. The van der Waals surface area contributed by atoms with Gasteiger partial charge in [-0.25, -0.2) is 0 Å². The number of hydrogen-bond acceptors (Lipinski definition) is 2. The van der Waals surface area contributed by atoms with Crippen molar-refractivity contribution in [2.45, 2.75) is 19.9 Å². The molecule has 0 spiro atoms. The van der Waals surface area contributed by atoms with Gasteiger partial charge in [0, 0.05) is 19.6 Å². The molecule has 2 aliphatic rings.